The van der Waals surface area contributed by atoms with Crippen LogP contribution in [0.5, 0.6) is 0 Å². The number of rotatable bonds is 5. The summed E-state index contributed by atoms with van der Waals surface area (Å²) in [5, 5.41) is 5.47. The van der Waals surface area contributed by atoms with E-state index in [4.69, 9.17) is 10.5 Å². The molecule has 2 aromatic carbocycles. The quantitative estimate of drug-likeness (QED) is 0.725. The molecule has 1 aliphatic rings. The summed E-state index contributed by atoms with van der Waals surface area (Å²) in [5.74, 6) is -0.653. The zero-order valence-corrected chi connectivity index (χ0v) is 15.5. The van der Waals surface area contributed by atoms with Crippen LogP contribution in [0.4, 0.5) is 16.2 Å². The molecule has 0 saturated heterocycles. The molecule has 3 rings (SSSR count). The van der Waals surface area contributed by atoms with Gasteiger partial charge in [0.25, 0.3) is 5.91 Å². The van der Waals surface area contributed by atoms with E-state index in [9.17, 15) is 14.4 Å². The number of carbonyl (C=O) groups excluding carboxylic acids is 3. The summed E-state index contributed by atoms with van der Waals surface area (Å²) < 4.78 is 4.91. The third-order valence-electron chi connectivity index (χ3n) is 4.46. The third-order valence-corrected chi connectivity index (χ3v) is 4.46. The minimum atomic E-state index is -0.765. The Balaban J connectivity index is 1.95. The first kappa shape index (κ1) is 19.4. The van der Waals surface area contributed by atoms with E-state index in [2.05, 4.69) is 10.6 Å². The lowest BCUT2D eigenvalue weighted by atomic mass is 9.99. The summed E-state index contributed by atoms with van der Waals surface area (Å²) in [7, 11) is 1.27. The lowest BCUT2D eigenvalue weighted by Gasteiger charge is -2.35. The van der Waals surface area contributed by atoms with Crippen molar-refractivity contribution in [2.24, 2.45) is 5.73 Å². The van der Waals surface area contributed by atoms with Crippen LogP contribution in [0.2, 0.25) is 0 Å². The monoisotopic (exact) mass is 382 g/mol. The average Bonchev–Trinajstić information content (AvgIpc) is 2.72. The molecule has 0 radical (unpaired) electrons. The second-order valence-electron chi connectivity index (χ2n) is 6.31. The third kappa shape index (κ3) is 3.96. The van der Waals surface area contributed by atoms with E-state index in [1.165, 1.54) is 18.1 Å². The van der Waals surface area contributed by atoms with Crippen LogP contribution in [-0.4, -0.2) is 44.1 Å². The maximum atomic E-state index is 12.8. The predicted molar refractivity (Wildman–Crippen MR) is 105 cm³/mol. The first-order chi connectivity index (χ1) is 13.5. The van der Waals surface area contributed by atoms with Gasteiger partial charge in [-0.25, -0.2) is 4.79 Å². The Morgan fingerprint density at radius 3 is 2.64 bits per heavy atom. The molecule has 1 atom stereocenters. The van der Waals surface area contributed by atoms with Crippen LogP contribution in [0, 0.1) is 0 Å². The molecule has 8 heteroatoms. The summed E-state index contributed by atoms with van der Waals surface area (Å²) in [4.78, 5) is 38.7. The van der Waals surface area contributed by atoms with E-state index in [-0.39, 0.29) is 11.8 Å². The van der Waals surface area contributed by atoms with Crippen molar-refractivity contribution in [1.29, 1.82) is 0 Å². The smallest absolute Gasteiger partial charge is 0.414 e. The van der Waals surface area contributed by atoms with Gasteiger partial charge in [-0.3, -0.25) is 14.5 Å². The van der Waals surface area contributed by atoms with Gasteiger partial charge in [0.15, 0.2) is 0 Å². The number of nitrogens with zero attached hydrogens (tertiary/aromatic N) is 1. The SMILES string of the molecule is COC(=O)N1c2ccc(C(=O)NCCN)cc2NC(=O)C1Cc1ccccc1. The van der Waals surface area contributed by atoms with Crippen LogP contribution >= 0.6 is 0 Å². The molecule has 4 N–H and O–H groups in total. The van der Waals surface area contributed by atoms with Crippen LogP contribution in [0.1, 0.15) is 15.9 Å². The number of methoxy groups -OCH3 is 1. The molecular weight excluding hydrogens is 360 g/mol. The number of nitrogens with one attached hydrogen (secondary N) is 2. The van der Waals surface area contributed by atoms with Crippen molar-refractivity contribution >= 4 is 29.3 Å². The normalized spacial score (nSPS) is 15.4. The van der Waals surface area contributed by atoms with Crippen LogP contribution in [0.15, 0.2) is 48.5 Å². The van der Waals surface area contributed by atoms with Crippen molar-refractivity contribution in [2.75, 3.05) is 30.4 Å². The zero-order valence-electron chi connectivity index (χ0n) is 15.5. The standard InChI is InChI=1S/C20H22N4O4/c1-28-20(27)24-16-8-7-14(18(25)22-10-9-21)12-15(16)23-19(26)17(24)11-13-5-3-2-4-6-13/h2-8,12,17H,9-11,21H2,1H3,(H,22,25)(H,23,26). The number of ether oxygens (including phenoxy) is 1. The summed E-state index contributed by atoms with van der Waals surface area (Å²) in [6.07, 6.45) is -0.308. The molecule has 0 fully saturated rings. The lowest BCUT2D eigenvalue weighted by molar-refractivity contribution is -0.117. The van der Waals surface area contributed by atoms with Crippen molar-refractivity contribution in [3.05, 3.63) is 59.7 Å². The average molecular weight is 382 g/mol. The molecule has 0 bridgehead atoms. The molecule has 1 unspecified atom stereocenters. The molecule has 0 saturated carbocycles. The van der Waals surface area contributed by atoms with Gasteiger partial charge in [0.05, 0.1) is 18.5 Å². The van der Waals surface area contributed by atoms with Crippen molar-refractivity contribution in [3.8, 4) is 0 Å². The van der Waals surface area contributed by atoms with Crippen LogP contribution < -0.4 is 21.3 Å². The minimum Gasteiger partial charge on any atom is -0.452 e. The van der Waals surface area contributed by atoms with Gasteiger partial charge in [0.1, 0.15) is 6.04 Å². The number of fused-ring (bicyclic) bond motifs is 1. The Morgan fingerprint density at radius 1 is 1.21 bits per heavy atom. The summed E-state index contributed by atoms with van der Waals surface area (Å²) in [6.45, 7) is 0.667. The fourth-order valence-corrected chi connectivity index (χ4v) is 3.12. The highest BCUT2D eigenvalue weighted by Crippen LogP contribution is 2.34. The van der Waals surface area contributed by atoms with Gasteiger partial charge in [-0.05, 0) is 23.8 Å². The number of hydrogen-bond acceptors (Lipinski definition) is 5. The number of amides is 3. The summed E-state index contributed by atoms with van der Waals surface area (Å²) >= 11 is 0. The zero-order chi connectivity index (χ0) is 20.1. The van der Waals surface area contributed by atoms with Gasteiger partial charge in [-0.1, -0.05) is 30.3 Å². The topological polar surface area (TPSA) is 114 Å². The van der Waals surface area contributed by atoms with Crippen molar-refractivity contribution in [1.82, 2.24) is 5.32 Å². The highest BCUT2D eigenvalue weighted by Gasteiger charge is 2.38. The number of nitrogens with two attached hydrogens (primary N) is 1. The Kier molecular flexibility index (Phi) is 5.90. The summed E-state index contributed by atoms with van der Waals surface area (Å²) in [5.41, 5.74) is 7.52. The van der Waals surface area contributed by atoms with Crippen molar-refractivity contribution < 1.29 is 19.1 Å². The van der Waals surface area contributed by atoms with Gasteiger partial charge >= 0.3 is 6.09 Å². The molecule has 2 aromatic rings. The molecule has 0 spiro atoms. The van der Waals surface area contributed by atoms with Crippen molar-refractivity contribution in [2.45, 2.75) is 12.5 Å². The second-order valence-corrected chi connectivity index (χ2v) is 6.31. The molecule has 28 heavy (non-hydrogen) atoms. The van der Waals surface area contributed by atoms with E-state index in [0.29, 0.717) is 36.4 Å². The number of benzene rings is 2. The Morgan fingerprint density at radius 2 is 1.96 bits per heavy atom. The second kappa shape index (κ2) is 8.53. The Labute approximate surface area is 162 Å². The minimum absolute atomic E-state index is 0.307. The highest BCUT2D eigenvalue weighted by molar-refractivity contribution is 6.11. The fraction of sp³-hybridized carbons (Fsp3) is 0.250. The predicted octanol–water partition coefficient (Wildman–Crippen LogP) is 1.51. The van der Waals surface area contributed by atoms with Gasteiger partial charge in [-0.2, -0.15) is 0 Å². The maximum absolute atomic E-state index is 12.8. The molecule has 1 heterocycles. The van der Waals surface area contributed by atoms with E-state index >= 15 is 0 Å². The molecule has 0 aliphatic carbocycles. The van der Waals surface area contributed by atoms with E-state index < -0.39 is 12.1 Å². The first-order valence-corrected chi connectivity index (χ1v) is 8.89. The Bertz CT molecular complexity index is 885. The number of carbonyl (C=O) groups is 3. The Hall–Kier alpha value is -3.39. The number of anilines is 2. The maximum Gasteiger partial charge on any atom is 0.414 e. The van der Waals surface area contributed by atoms with Gasteiger partial charge in [-0.15, -0.1) is 0 Å². The first-order valence-electron chi connectivity index (χ1n) is 8.89. The molecule has 146 valence electrons. The molecule has 1 aliphatic heterocycles. The van der Waals surface area contributed by atoms with E-state index in [0.717, 1.165) is 5.56 Å². The van der Waals surface area contributed by atoms with Crippen LogP contribution in [0.25, 0.3) is 0 Å². The lowest BCUT2D eigenvalue weighted by Crippen LogP contribution is -2.52. The molecule has 3 amide bonds. The highest BCUT2D eigenvalue weighted by atomic mass is 16.5. The van der Waals surface area contributed by atoms with Gasteiger partial charge in [0, 0.05) is 25.1 Å². The number of hydrogen-bond donors (Lipinski definition) is 3. The summed E-state index contributed by atoms with van der Waals surface area (Å²) in [6, 6.07) is 13.4. The molecule has 0 aromatic heterocycles. The van der Waals surface area contributed by atoms with E-state index in [1.54, 1.807) is 12.1 Å². The largest absolute Gasteiger partial charge is 0.452 e. The van der Waals surface area contributed by atoms with Gasteiger partial charge < -0.3 is 21.1 Å². The van der Waals surface area contributed by atoms with Crippen LogP contribution in [0.3, 0.4) is 0 Å². The fourth-order valence-electron chi connectivity index (χ4n) is 3.12. The van der Waals surface area contributed by atoms with Crippen molar-refractivity contribution in [3.63, 3.8) is 0 Å². The van der Waals surface area contributed by atoms with Gasteiger partial charge in [0.2, 0.25) is 5.91 Å². The van der Waals surface area contributed by atoms with Crippen LogP contribution in [-0.2, 0) is 16.0 Å². The molecular formula is C20H22N4O4. The molecule has 8 nitrogen and oxygen atoms in total. The van der Waals surface area contributed by atoms with E-state index in [1.807, 2.05) is 30.3 Å².